The largest absolute Gasteiger partial charge is 0.508 e. The van der Waals surface area contributed by atoms with Gasteiger partial charge in [-0.3, -0.25) is 9.59 Å². The van der Waals surface area contributed by atoms with Gasteiger partial charge in [-0.15, -0.1) is 0 Å². The van der Waals surface area contributed by atoms with Crippen LogP contribution in [0.3, 0.4) is 0 Å². The van der Waals surface area contributed by atoms with Gasteiger partial charge in [-0.1, -0.05) is 182 Å². The Morgan fingerprint density at radius 3 is 1.23 bits per heavy atom. The Kier molecular flexibility index (Phi) is 18.0. The van der Waals surface area contributed by atoms with E-state index in [1.165, 1.54) is 0 Å². The molecule has 1 fully saturated rings. The van der Waals surface area contributed by atoms with Gasteiger partial charge in [0.15, 0.2) is 0 Å². The van der Waals surface area contributed by atoms with Gasteiger partial charge in [-0.25, -0.2) is 0 Å². The first-order chi connectivity index (χ1) is 37.2. The quantitative estimate of drug-likeness (QED) is 0.0636. The summed E-state index contributed by atoms with van der Waals surface area (Å²) in [7, 11) is 0. The van der Waals surface area contributed by atoms with Crippen LogP contribution in [0.4, 0.5) is 13.2 Å². The molecule has 1 heterocycles. The molecule has 0 bridgehead atoms. The van der Waals surface area contributed by atoms with Crippen LogP contribution in [0.2, 0.25) is 0 Å². The maximum absolute atomic E-state index is 12.8. The molecule has 390 valence electrons. The molecule has 0 spiro atoms. The highest BCUT2D eigenvalue weighted by atomic mass is 19.4. The van der Waals surface area contributed by atoms with Gasteiger partial charge in [-0.05, 0) is 152 Å². The predicted molar refractivity (Wildman–Crippen MR) is 302 cm³/mol. The number of aromatic hydroxyl groups is 3. The summed E-state index contributed by atoms with van der Waals surface area (Å²) in [5.41, 5.74) is 25.5. The molecule has 8 N–H and O–H groups in total. The van der Waals surface area contributed by atoms with Crippen LogP contribution in [-0.2, 0) is 28.9 Å². The number of carbonyl (C=O) groups excluding carboxylic acids is 2. The third-order valence-electron chi connectivity index (χ3n) is 13.5. The first kappa shape index (κ1) is 54.3. The van der Waals surface area contributed by atoms with E-state index in [-0.39, 0.29) is 47.8 Å². The van der Waals surface area contributed by atoms with E-state index in [0.717, 1.165) is 96.4 Å². The Bertz CT molecular complexity index is 3420. The average molecular weight is 1030 g/mol. The van der Waals surface area contributed by atoms with Gasteiger partial charge in [0.05, 0.1) is 0 Å². The summed E-state index contributed by atoms with van der Waals surface area (Å²) in [6.45, 7) is 0.753. The molecular weight excluding hydrogens is 972 g/mol. The molecule has 0 aliphatic carbocycles. The Hall–Kier alpha value is -8.93. The van der Waals surface area contributed by atoms with Crippen LogP contribution in [0.15, 0.2) is 218 Å². The predicted octanol–water partition coefficient (Wildman–Crippen LogP) is 14.1. The van der Waals surface area contributed by atoms with Crippen LogP contribution < -0.4 is 16.8 Å². The number of nitrogens with one attached hydrogen (secondary N) is 1. The van der Waals surface area contributed by atoms with Gasteiger partial charge in [0.25, 0.3) is 0 Å². The minimum atomic E-state index is -4.41. The highest BCUT2D eigenvalue weighted by Crippen LogP contribution is 2.36. The fraction of sp³-hybridized carbons (Fsp3) is 0.152. The van der Waals surface area contributed by atoms with Crippen molar-refractivity contribution in [1.29, 1.82) is 0 Å². The number of rotatable bonds is 14. The Balaban J connectivity index is 0.000000153. The van der Waals surface area contributed by atoms with Crippen molar-refractivity contribution in [2.24, 2.45) is 17.4 Å². The second-order valence-corrected chi connectivity index (χ2v) is 19.0. The Morgan fingerprint density at radius 2 is 0.870 bits per heavy atom. The van der Waals surface area contributed by atoms with E-state index in [9.17, 15) is 38.1 Å². The van der Waals surface area contributed by atoms with Crippen LogP contribution in [0.5, 0.6) is 17.2 Å². The number of hydrogen-bond acceptors (Lipinski definition) is 6. The molecule has 2 atom stereocenters. The summed E-state index contributed by atoms with van der Waals surface area (Å²) in [4.78, 5) is 23.3. The number of halogens is 3. The molecule has 8 nitrogen and oxygen atoms in total. The lowest BCUT2D eigenvalue weighted by Gasteiger charge is -2.17. The Morgan fingerprint density at radius 1 is 0.494 bits per heavy atom. The Labute approximate surface area is 447 Å². The van der Waals surface area contributed by atoms with Gasteiger partial charge in [0.1, 0.15) is 23.3 Å². The number of phenols is 3. The van der Waals surface area contributed by atoms with E-state index in [0.29, 0.717) is 19.3 Å². The molecule has 2 amide bonds. The molecule has 1 aliphatic heterocycles. The number of alkyl halides is 3. The van der Waals surface area contributed by atoms with E-state index in [1.54, 1.807) is 42.5 Å². The smallest absolute Gasteiger partial charge is 0.403 e. The third kappa shape index (κ3) is 14.9. The molecule has 77 heavy (non-hydrogen) atoms. The highest BCUT2D eigenvalue weighted by molar-refractivity contribution is 5.82. The van der Waals surface area contributed by atoms with E-state index in [1.807, 2.05) is 121 Å². The minimum Gasteiger partial charge on any atom is -0.508 e. The van der Waals surface area contributed by atoms with Crippen molar-refractivity contribution in [3.8, 4) is 84.0 Å². The standard InChI is InChI=1S/C23H21NO2.C22H20F3NO.C21H19NO2/c25-21-8-4-7-18(15-21)22-10-9-17(16-5-2-1-3-6-16)13-20(22)14-19-11-12-24-23(19)26;23-22(24,25)21(26)12-10-18-13-16(15-5-2-1-3-6-15)9-11-20(18)17-7-4-8-19(27)14-17;22-21(24)12-10-18-13-16(15-5-2-1-3-6-15)9-11-20(18)17-7-4-8-19(23)14-17/h1-10,13,15,19,25H,11-12,14H2,(H,24,26);1-9,11,13-14,21,27H,10,12,26H2;1-9,11,13-14,23H,10,12H2,(H2,22,24). The number of carbonyl (C=O) groups is 2. The number of nitrogens with two attached hydrogens (primary N) is 2. The minimum absolute atomic E-state index is 0.0112. The van der Waals surface area contributed by atoms with Gasteiger partial charge >= 0.3 is 6.18 Å². The summed E-state index contributed by atoms with van der Waals surface area (Å²) in [5, 5.41) is 32.3. The van der Waals surface area contributed by atoms with Crippen molar-refractivity contribution in [1.82, 2.24) is 5.32 Å². The number of aryl methyl sites for hydroxylation is 2. The maximum Gasteiger partial charge on any atom is 0.403 e. The molecule has 0 aromatic heterocycles. The van der Waals surface area contributed by atoms with Crippen LogP contribution in [0.25, 0.3) is 66.8 Å². The lowest BCUT2D eigenvalue weighted by molar-refractivity contribution is -0.148. The lowest BCUT2D eigenvalue weighted by atomic mass is 9.89. The van der Waals surface area contributed by atoms with Crippen molar-refractivity contribution in [2.45, 2.75) is 50.7 Å². The van der Waals surface area contributed by atoms with E-state index in [4.69, 9.17) is 11.5 Å². The average Bonchev–Trinajstić information content (AvgIpc) is 3.85. The molecular formula is C66H60F3N3O5. The molecule has 9 aromatic carbocycles. The molecule has 11 heteroatoms. The van der Waals surface area contributed by atoms with E-state index < -0.39 is 12.2 Å². The van der Waals surface area contributed by atoms with Gasteiger partial charge in [0, 0.05) is 18.9 Å². The second-order valence-electron chi connectivity index (χ2n) is 19.0. The topological polar surface area (TPSA) is 159 Å². The maximum atomic E-state index is 12.8. The zero-order valence-electron chi connectivity index (χ0n) is 42.3. The first-order valence-corrected chi connectivity index (χ1v) is 25.5. The fourth-order valence-corrected chi connectivity index (χ4v) is 9.50. The van der Waals surface area contributed by atoms with Crippen molar-refractivity contribution in [3.05, 3.63) is 235 Å². The van der Waals surface area contributed by atoms with Crippen molar-refractivity contribution in [3.63, 3.8) is 0 Å². The summed E-state index contributed by atoms with van der Waals surface area (Å²) >= 11 is 0. The summed E-state index contributed by atoms with van der Waals surface area (Å²) in [6.07, 6.45) is -1.99. The molecule has 1 aliphatic rings. The summed E-state index contributed by atoms with van der Waals surface area (Å²) in [5.74, 6) is 0.410. The molecule has 1 saturated heterocycles. The molecule has 0 saturated carbocycles. The first-order valence-electron chi connectivity index (χ1n) is 25.5. The van der Waals surface area contributed by atoms with Crippen LogP contribution in [-0.4, -0.2) is 45.9 Å². The van der Waals surface area contributed by atoms with Gasteiger partial charge in [-0.2, -0.15) is 13.2 Å². The number of primary amides is 1. The number of phenolic OH excluding ortho intramolecular Hbond substituents is 3. The molecule has 2 unspecified atom stereocenters. The highest BCUT2D eigenvalue weighted by Gasteiger charge is 2.36. The second kappa shape index (κ2) is 25.5. The molecule has 9 aromatic rings. The zero-order chi connectivity index (χ0) is 54.3. The summed E-state index contributed by atoms with van der Waals surface area (Å²) < 4.78 is 38.4. The number of amides is 2. The molecule has 0 radical (unpaired) electrons. The van der Waals surface area contributed by atoms with Crippen molar-refractivity contribution >= 4 is 11.8 Å². The fourth-order valence-electron chi connectivity index (χ4n) is 9.50. The summed E-state index contributed by atoms with van der Waals surface area (Å²) in [6, 6.07) is 67.5. The van der Waals surface area contributed by atoms with E-state index in [2.05, 4.69) is 59.9 Å². The van der Waals surface area contributed by atoms with Crippen molar-refractivity contribution in [2.75, 3.05) is 6.54 Å². The van der Waals surface area contributed by atoms with E-state index >= 15 is 0 Å². The van der Waals surface area contributed by atoms with Crippen molar-refractivity contribution < 1.29 is 38.1 Å². The van der Waals surface area contributed by atoms with Crippen LogP contribution in [0.1, 0.15) is 36.0 Å². The van der Waals surface area contributed by atoms with Gasteiger partial charge < -0.3 is 32.1 Å². The number of benzene rings is 9. The zero-order valence-corrected chi connectivity index (χ0v) is 42.3. The van der Waals surface area contributed by atoms with Crippen LogP contribution in [0, 0.1) is 5.92 Å². The lowest BCUT2D eigenvalue weighted by Crippen LogP contribution is -2.37. The monoisotopic (exact) mass is 1030 g/mol. The number of hydrogen-bond donors (Lipinski definition) is 6. The van der Waals surface area contributed by atoms with Gasteiger partial charge in [0.2, 0.25) is 11.8 Å². The molecule has 10 rings (SSSR count). The SMILES string of the molecule is NC(=O)CCc1cc(-c2ccccc2)ccc1-c1cccc(O)c1.NC(CCc1cc(-c2ccccc2)ccc1-c1cccc(O)c1)C(F)(F)F.O=C1NCCC1Cc1cc(-c2ccccc2)ccc1-c1cccc(O)c1. The normalized spacial score (nSPS) is 13.3. The third-order valence-corrected chi connectivity index (χ3v) is 13.5. The van der Waals surface area contributed by atoms with Crippen LogP contribution >= 0.6 is 0 Å².